The minimum Gasteiger partial charge on any atom is -0.496 e. The molecule has 0 amide bonds. The fourth-order valence-corrected chi connectivity index (χ4v) is 3.64. The zero-order valence-electron chi connectivity index (χ0n) is 18.7. The normalized spacial score (nSPS) is 12.3. The molecular formula is C24H32O5. The molecule has 0 bridgehead atoms. The lowest BCUT2D eigenvalue weighted by Crippen LogP contribution is -2.04. The zero-order chi connectivity index (χ0) is 21.6. The van der Waals surface area contributed by atoms with Gasteiger partial charge >= 0.3 is 0 Å². The third-order valence-corrected chi connectivity index (χ3v) is 5.20. The molecule has 29 heavy (non-hydrogen) atoms. The van der Waals surface area contributed by atoms with Gasteiger partial charge in [-0.1, -0.05) is 18.6 Å². The third kappa shape index (κ3) is 4.78. The summed E-state index contributed by atoms with van der Waals surface area (Å²) in [6, 6.07) is 7.88. The number of hydrogen-bond acceptors (Lipinski definition) is 5. The Morgan fingerprint density at radius 2 is 1.31 bits per heavy atom. The maximum atomic E-state index is 5.68. The van der Waals surface area contributed by atoms with E-state index in [1.165, 1.54) is 5.57 Å². The molecule has 2 rings (SSSR count). The van der Waals surface area contributed by atoms with Gasteiger partial charge in [-0.15, -0.1) is 0 Å². The van der Waals surface area contributed by atoms with E-state index in [9.17, 15) is 0 Å². The summed E-state index contributed by atoms with van der Waals surface area (Å²) in [6.45, 7) is 6.30. The highest BCUT2D eigenvalue weighted by atomic mass is 16.5. The van der Waals surface area contributed by atoms with Crippen LogP contribution in [0.5, 0.6) is 28.7 Å². The summed E-state index contributed by atoms with van der Waals surface area (Å²) >= 11 is 0. The highest BCUT2D eigenvalue weighted by molar-refractivity contribution is 5.66. The van der Waals surface area contributed by atoms with Gasteiger partial charge < -0.3 is 23.7 Å². The van der Waals surface area contributed by atoms with Crippen molar-refractivity contribution >= 4 is 6.08 Å². The molecule has 0 N–H and O–H groups in total. The first-order valence-corrected chi connectivity index (χ1v) is 9.64. The summed E-state index contributed by atoms with van der Waals surface area (Å²) in [5, 5.41) is 0. The predicted molar refractivity (Wildman–Crippen MR) is 117 cm³/mol. The van der Waals surface area contributed by atoms with Crippen molar-refractivity contribution in [3.8, 4) is 28.7 Å². The molecule has 0 fully saturated rings. The topological polar surface area (TPSA) is 46.2 Å². The van der Waals surface area contributed by atoms with Gasteiger partial charge in [-0.25, -0.2) is 0 Å². The van der Waals surface area contributed by atoms with Gasteiger partial charge in [-0.2, -0.15) is 0 Å². The van der Waals surface area contributed by atoms with Gasteiger partial charge in [-0.3, -0.25) is 0 Å². The van der Waals surface area contributed by atoms with Crippen LogP contribution >= 0.6 is 0 Å². The standard InChI is InChI=1S/C24H32O5/c1-9-18(19-13-20(25-4)16(3)11-22(19)27-6)15(2)10-17-12-23(28-7)24(29-8)14-21(17)26-5/h10-14,18H,9H2,1-8H3/b15-10+. The van der Waals surface area contributed by atoms with Crippen LogP contribution in [0.3, 0.4) is 0 Å². The second-order valence-electron chi connectivity index (χ2n) is 6.86. The summed E-state index contributed by atoms with van der Waals surface area (Å²) in [6.07, 6.45) is 3.04. The number of methoxy groups -OCH3 is 5. The van der Waals surface area contributed by atoms with E-state index in [4.69, 9.17) is 23.7 Å². The second kappa shape index (κ2) is 10.1. The quantitative estimate of drug-likeness (QED) is 0.545. The number of rotatable bonds is 9. The third-order valence-electron chi connectivity index (χ3n) is 5.20. The Balaban J connectivity index is 2.57. The Morgan fingerprint density at radius 3 is 1.83 bits per heavy atom. The van der Waals surface area contributed by atoms with Gasteiger partial charge in [0.25, 0.3) is 0 Å². The van der Waals surface area contributed by atoms with Gasteiger partial charge in [0.05, 0.1) is 35.5 Å². The molecule has 2 aromatic carbocycles. The Morgan fingerprint density at radius 1 is 0.759 bits per heavy atom. The molecule has 5 nitrogen and oxygen atoms in total. The Kier molecular flexibility index (Phi) is 7.82. The van der Waals surface area contributed by atoms with Crippen molar-refractivity contribution in [1.82, 2.24) is 0 Å². The van der Waals surface area contributed by atoms with Crippen LogP contribution in [-0.2, 0) is 0 Å². The van der Waals surface area contributed by atoms with Gasteiger partial charge in [0.2, 0.25) is 0 Å². The maximum Gasteiger partial charge on any atom is 0.164 e. The molecule has 1 atom stereocenters. The number of aryl methyl sites for hydroxylation is 1. The lowest BCUT2D eigenvalue weighted by molar-refractivity contribution is 0.348. The summed E-state index contributed by atoms with van der Waals surface area (Å²) in [5.74, 6) is 3.91. The van der Waals surface area contributed by atoms with Crippen molar-refractivity contribution in [2.24, 2.45) is 0 Å². The van der Waals surface area contributed by atoms with Crippen molar-refractivity contribution in [2.45, 2.75) is 33.1 Å². The number of allylic oxidation sites excluding steroid dienone is 1. The van der Waals surface area contributed by atoms with E-state index in [1.54, 1.807) is 35.5 Å². The maximum absolute atomic E-state index is 5.68. The number of benzene rings is 2. The summed E-state index contributed by atoms with van der Waals surface area (Å²) in [4.78, 5) is 0. The SMILES string of the molecule is CCC(/C(C)=C/c1cc(OC)c(OC)cc1OC)c1cc(OC)c(C)cc1OC. The molecule has 0 aliphatic carbocycles. The minimum atomic E-state index is 0.164. The predicted octanol–water partition coefficient (Wildman–Crippen LogP) is 5.64. The molecule has 1 unspecified atom stereocenters. The first-order valence-electron chi connectivity index (χ1n) is 9.64. The van der Waals surface area contributed by atoms with Crippen LogP contribution < -0.4 is 23.7 Å². The van der Waals surface area contributed by atoms with Crippen molar-refractivity contribution in [3.05, 3.63) is 46.5 Å². The smallest absolute Gasteiger partial charge is 0.164 e. The van der Waals surface area contributed by atoms with Gasteiger partial charge in [-0.05, 0) is 44.0 Å². The highest BCUT2D eigenvalue weighted by Crippen LogP contribution is 2.41. The van der Waals surface area contributed by atoms with E-state index in [0.29, 0.717) is 11.5 Å². The molecule has 0 heterocycles. The molecule has 0 saturated heterocycles. The fourth-order valence-electron chi connectivity index (χ4n) is 3.64. The molecule has 0 radical (unpaired) electrons. The van der Waals surface area contributed by atoms with Gasteiger partial charge in [0.15, 0.2) is 11.5 Å². The molecule has 0 aliphatic heterocycles. The molecule has 0 aromatic heterocycles. The van der Waals surface area contributed by atoms with Crippen molar-refractivity contribution in [2.75, 3.05) is 35.5 Å². The fraction of sp³-hybridized carbons (Fsp3) is 0.417. The van der Waals surface area contributed by atoms with Crippen LogP contribution in [0, 0.1) is 6.92 Å². The Hall–Kier alpha value is -2.82. The van der Waals surface area contributed by atoms with Gasteiger partial charge in [0.1, 0.15) is 17.2 Å². The summed E-state index contributed by atoms with van der Waals surface area (Å²) in [7, 11) is 8.29. The Bertz CT molecular complexity index is 870. The molecule has 158 valence electrons. The number of hydrogen-bond donors (Lipinski definition) is 0. The monoisotopic (exact) mass is 400 g/mol. The average molecular weight is 401 g/mol. The highest BCUT2D eigenvalue weighted by Gasteiger charge is 2.20. The molecule has 5 heteroatoms. The number of ether oxygens (including phenoxy) is 5. The first-order chi connectivity index (χ1) is 13.9. The molecule has 0 saturated carbocycles. The molecule has 0 spiro atoms. The lowest BCUT2D eigenvalue weighted by Gasteiger charge is -2.22. The van der Waals surface area contributed by atoms with E-state index in [-0.39, 0.29) is 5.92 Å². The van der Waals surface area contributed by atoms with E-state index < -0.39 is 0 Å². The van der Waals surface area contributed by atoms with Crippen molar-refractivity contribution < 1.29 is 23.7 Å². The minimum absolute atomic E-state index is 0.164. The van der Waals surface area contributed by atoms with E-state index in [0.717, 1.165) is 40.4 Å². The van der Waals surface area contributed by atoms with Crippen LogP contribution in [0.4, 0.5) is 0 Å². The van der Waals surface area contributed by atoms with E-state index >= 15 is 0 Å². The Labute approximate surface area is 174 Å². The summed E-state index contributed by atoms with van der Waals surface area (Å²) in [5.41, 5.74) is 4.26. The first kappa shape index (κ1) is 22.5. The van der Waals surface area contributed by atoms with Crippen LogP contribution in [-0.4, -0.2) is 35.5 Å². The van der Waals surface area contributed by atoms with Crippen molar-refractivity contribution in [1.29, 1.82) is 0 Å². The van der Waals surface area contributed by atoms with Crippen LogP contribution in [0.15, 0.2) is 29.8 Å². The van der Waals surface area contributed by atoms with Gasteiger partial charge in [0, 0.05) is 23.1 Å². The summed E-state index contributed by atoms with van der Waals surface area (Å²) < 4.78 is 27.7. The molecular weight excluding hydrogens is 368 g/mol. The van der Waals surface area contributed by atoms with Crippen molar-refractivity contribution in [3.63, 3.8) is 0 Å². The molecule has 2 aromatic rings. The second-order valence-corrected chi connectivity index (χ2v) is 6.86. The van der Waals surface area contributed by atoms with E-state index in [2.05, 4.69) is 26.0 Å². The largest absolute Gasteiger partial charge is 0.496 e. The van der Waals surface area contributed by atoms with Crippen LogP contribution in [0.25, 0.3) is 6.08 Å². The zero-order valence-corrected chi connectivity index (χ0v) is 18.7. The average Bonchev–Trinajstić information content (AvgIpc) is 2.74. The van der Waals surface area contributed by atoms with E-state index in [1.807, 2.05) is 25.1 Å². The lowest BCUT2D eigenvalue weighted by atomic mass is 9.87. The van der Waals surface area contributed by atoms with Crippen LogP contribution in [0.1, 0.15) is 42.9 Å². The molecule has 0 aliphatic rings. The van der Waals surface area contributed by atoms with Crippen LogP contribution in [0.2, 0.25) is 0 Å².